The summed E-state index contributed by atoms with van der Waals surface area (Å²) in [7, 11) is -1.37. The molecule has 0 aromatic carbocycles. The molecule has 0 fully saturated rings. The Labute approximate surface area is 241 Å². The van der Waals surface area contributed by atoms with Crippen LogP contribution in [-0.2, 0) is 42.1 Å². The number of unbranched alkanes of at least 4 members (excludes halogenated alkanes) is 12. The van der Waals surface area contributed by atoms with E-state index in [-0.39, 0.29) is 32.6 Å². The van der Waals surface area contributed by atoms with Crippen LogP contribution in [0.2, 0.25) is 0 Å². The van der Waals surface area contributed by atoms with Gasteiger partial charge in [-0.15, -0.1) is 0 Å². The van der Waals surface area contributed by atoms with Gasteiger partial charge in [0.05, 0.1) is 13.2 Å². The second-order valence-corrected chi connectivity index (χ2v) is 11.4. The zero-order valence-electron chi connectivity index (χ0n) is 25.1. The third-order valence-corrected chi connectivity index (χ3v) is 7.34. The molecule has 11 nitrogen and oxygen atoms in total. The van der Waals surface area contributed by atoms with E-state index >= 15 is 0 Å². The molecule has 3 N–H and O–H groups in total. The molecule has 0 aromatic heterocycles. The Bertz CT molecular complexity index is 663. The number of nitrogens with two attached hydrogens (primary N) is 1. The Balaban J connectivity index is 4.27. The lowest BCUT2D eigenvalue weighted by molar-refractivity contribution is -0.161. The number of phosphoric ester groups is 1. The van der Waals surface area contributed by atoms with Crippen LogP contribution in [-0.4, -0.2) is 69.8 Å². The van der Waals surface area contributed by atoms with Crippen LogP contribution in [0.3, 0.4) is 0 Å². The number of hydrogen-bond acceptors (Lipinski definition) is 10. The highest BCUT2D eigenvalue weighted by Crippen LogP contribution is 2.43. The van der Waals surface area contributed by atoms with Crippen LogP contribution in [0, 0.1) is 0 Å². The Morgan fingerprint density at radius 1 is 0.750 bits per heavy atom. The summed E-state index contributed by atoms with van der Waals surface area (Å²) in [6.07, 6.45) is 15.5. The SMILES string of the molecule is CCCCCCCCCCCCCCCC(=O)OC[C@H](COP(=O)(O)OCCN)OC(=O)CCCC(OC)OC. The molecule has 0 aliphatic heterocycles. The van der Waals surface area contributed by atoms with Crippen molar-refractivity contribution in [3.05, 3.63) is 0 Å². The molecule has 0 bridgehead atoms. The van der Waals surface area contributed by atoms with Gasteiger partial charge in [0.1, 0.15) is 6.61 Å². The van der Waals surface area contributed by atoms with E-state index in [4.69, 9.17) is 33.7 Å². The first-order valence-corrected chi connectivity index (χ1v) is 16.5. The van der Waals surface area contributed by atoms with Gasteiger partial charge in [0.15, 0.2) is 12.4 Å². The predicted molar refractivity (Wildman–Crippen MR) is 154 cm³/mol. The molecule has 0 amide bonds. The lowest BCUT2D eigenvalue weighted by atomic mass is 10.0. The second-order valence-electron chi connectivity index (χ2n) is 9.97. The topological polar surface area (TPSA) is 153 Å². The molecule has 1 unspecified atom stereocenters. The number of rotatable bonds is 29. The largest absolute Gasteiger partial charge is 0.472 e. The van der Waals surface area contributed by atoms with E-state index in [0.29, 0.717) is 12.8 Å². The highest BCUT2D eigenvalue weighted by Gasteiger charge is 2.26. The quantitative estimate of drug-likeness (QED) is 0.0465. The molecule has 0 radical (unpaired) electrons. The van der Waals surface area contributed by atoms with Gasteiger partial charge in [0, 0.05) is 33.6 Å². The van der Waals surface area contributed by atoms with Crippen molar-refractivity contribution in [2.24, 2.45) is 5.73 Å². The number of carbonyl (C=O) groups is 2. The van der Waals surface area contributed by atoms with Crippen LogP contribution in [0.5, 0.6) is 0 Å². The monoisotopic (exact) mass is 597 g/mol. The van der Waals surface area contributed by atoms with Crippen molar-refractivity contribution in [1.29, 1.82) is 0 Å². The minimum Gasteiger partial charge on any atom is -0.462 e. The van der Waals surface area contributed by atoms with E-state index in [9.17, 15) is 19.0 Å². The van der Waals surface area contributed by atoms with E-state index in [2.05, 4.69) is 6.92 Å². The van der Waals surface area contributed by atoms with Crippen molar-refractivity contribution in [2.45, 2.75) is 128 Å². The average molecular weight is 598 g/mol. The summed E-state index contributed by atoms with van der Waals surface area (Å²) in [5.41, 5.74) is 5.28. The van der Waals surface area contributed by atoms with E-state index in [1.807, 2.05) is 0 Å². The third kappa shape index (κ3) is 24.7. The Morgan fingerprint density at radius 2 is 1.27 bits per heavy atom. The molecule has 0 aliphatic carbocycles. The third-order valence-electron chi connectivity index (χ3n) is 6.36. The van der Waals surface area contributed by atoms with Crippen LogP contribution in [0.25, 0.3) is 0 Å². The van der Waals surface area contributed by atoms with Crippen molar-refractivity contribution in [3.63, 3.8) is 0 Å². The molecular weight excluding hydrogens is 541 g/mol. The molecule has 12 heteroatoms. The molecule has 0 heterocycles. The molecule has 0 saturated heterocycles. The molecular formula is C28H56NO10P. The van der Waals surface area contributed by atoms with Gasteiger partial charge in [-0.3, -0.25) is 18.6 Å². The zero-order chi connectivity index (χ0) is 29.9. The number of carbonyl (C=O) groups excluding carboxylic acids is 2. The molecule has 0 saturated carbocycles. The van der Waals surface area contributed by atoms with Gasteiger partial charge in [-0.05, 0) is 19.3 Å². The average Bonchev–Trinajstić information content (AvgIpc) is 2.94. The summed E-state index contributed by atoms with van der Waals surface area (Å²) in [6.45, 7) is 1.33. The second kappa shape index (κ2) is 26.8. The van der Waals surface area contributed by atoms with Gasteiger partial charge >= 0.3 is 19.8 Å². The predicted octanol–water partition coefficient (Wildman–Crippen LogP) is 5.80. The summed E-state index contributed by atoms with van der Waals surface area (Å²) >= 11 is 0. The molecule has 0 spiro atoms. The van der Waals surface area contributed by atoms with Gasteiger partial charge in [-0.2, -0.15) is 0 Å². The summed E-state index contributed by atoms with van der Waals surface area (Å²) in [5.74, 6) is -0.985. The molecule has 238 valence electrons. The first-order chi connectivity index (χ1) is 19.3. The van der Waals surface area contributed by atoms with Crippen LogP contribution in [0.15, 0.2) is 0 Å². The minimum atomic E-state index is -4.39. The normalized spacial score (nSPS) is 13.8. The van der Waals surface area contributed by atoms with Crippen molar-refractivity contribution < 1.29 is 47.0 Å². The van der Waals surface area contributed by atoms with Crippen LogP contribution in [0.4, 0.5) is 0 Å². The molecule has 0 rings (SSSR count). The van der Waals surface area contributed by atoms with Crippen LogP contribution in [0.1, 0.15) is 116 Å². The van der Waals surface area contributed by atoms with Gasteiger partial charge in [0.25, 0.3) is 0 Å². The summed E-state index contributed by atoms with van der Waals surface area (Å²) in [6, 6.07) is 0. The molecule has 0 aromatic rings. The standard InChI is InChI=1S/C28H56NO10P/c1-4-5-6-7-8-9-10-11-12-13-14-15-16-18-26(30)36-23-25(24-38-40(32,33)37-22-21-29)39-27(31)19-17-20-28(34-2)35-3/h25,28H,4-24,29H2,1-3H3,(H,32,33)/t25-/m1/s1. The molecule has 2 atom stereocenters. The fourth-order valence-electron chi connectivity index (χ4n) is 4.03. The van der Waals surface area contributed by atoms with Crippen LogP contribution < -0.4 is 5.73 Å². The van der Waals surface area contributed by atoms with E-state index < -0.39 is 38.8 Å². The maximum absolute atomic E-state index is 12.3. The number of ether oxygens (including phenoxy) is 4. The maximum Gasteiger partial charge on any atom is 0.472 e. The minimum absolute atomic E-state index is 0.0348. The summed E-state index contributed by atoms with van der Waals surface area (Å²) < 4.78 is 42.3. The number of hydrogen-bond donors (Lipinski definition) is 2. The molecule has 40 heavy (non-hydrogen) atoms. The fraction of sp³-hybridized carbons (Fsp3) is 0.929. The summed E-state index contributed by atoms with van der Waals surface area (Å²) in [4.78, 5) is 34.2. The van der Waals surface area contributed by atoms with E-state index in [1.165, 1.54) is 78.4 Å². The number of phosphoric acid groups is 1. The van der Waals surface area contributed by atoms with E-state index in [1.54, 1.807) is 0 Å². The Morgan fingerprint density at radius 3 is 1.80 bits per heavy atom. The molecule has 0 aliphatic rings. The van der Waals surface area contributed by atoms with Gasteiger partial charge in [0.2, 0.25) is 0 Å². The van der Waals surface area contributed by atoms with Gasteiger partial charge in [-0.25, -0.2) is 4.57 Å². The highest BCUT2D eigenvalue weighted by atomic mass is 31.2. The Hall–Kier alpha value is -1.07. The maximum atomic E-state index is 12.3. The van der Waals surface area contributed by atoms with Crippen molar-refractivity contribution in [2.75, 3.05) is 40.6 Å². The first kappa shape index (κ1) is 38.9. The zero-order valence-corrected chi connectivity index (χ0v) is 26.0. The fourth-order valence-corrected chi connectivity index (χ4v) is 4.80. The lowest BCUT2D eigenvalue weighted by Crippen LogP contribution is -2.29. The van der Waals surface area contributed by atoms with Crippen molar-refractivity contribution in [1.82, 2.24) is 0 Å². The number of esters is 2. The lowest BCUT2D eigenvalue weighted by Gasteiger charge is -2.20. The van der Waals surface area contributed by atoms with Gasteiger partial charge < -0.3 is 29.6 Å². The number of methoxy groups -OCH3 is 2. The first-order valence-electron chi connectivity index (χ1n) is 15.0. The Kier molecular flexibility index (Phi) is 26.1. The van der Waals surface area contributed by atoms with Gasteiger partial charge in [-0.1, -0.05) is 84.0 Å². The van der Waals surface area contributed by atoms with E-state index in [0.717, 1.165) is 19.3 Å². The van der Waals surface area contributed by atoms with Crippen LogP contribution >= 0.6 is 7.82 Å². The van der Waals surface area contributed by atoms with Crippen molar-refractivity contribution in [3.8, 4) is 0 Å². The summed E-state index contributed by atoms with van der Waals surface area (Å²) in [5, 5.41) is 0. The van der Waals surface area contributed by atoms with Crippen molar-refractivity contribution >= 4 is 19.8 Å². The highest BCUT2D eigenvalue weighted by molar-refractivity contribution is 7.47. The smallest absolute Gasteiger partial charge is 0.462 e.